The maximum Gasteiger partial charge on any atom is 0.309 e. The lowest BCUT2D eigenvalue weighted by Gasteiger charge is -2.30. The van der Waals surface area contributed by atoms with Crippen LogP contribution in [0.4, 0.5) is 5.69 Å². The highest BCUT2D eigenvalue weighted by Crippen LogP contribution is 2.26. The molecule has 1 amide bonds. The van der Waals surface area contributed by atoms with Gasteiger partial charge in [-0.1, -0.05) is 0 Å². The monoisotopic (exact) mass is 400 g/mol. The number of nitrogens with zero attached hydrogens (tertiary/aromatic N) is 1. The van der Waals surface area contributed by atoms with E-state index in [0.717, 1.165) is 25.9 Å². The number of benzene rings is 1. The number of likely N-dealkylation sites (tertiary alicyclic amines) is 1. The van der Waals surface area contributed by atoms with Crippen molar-refractivity contribution in [1.82, 2.24) is 4.90 Å². The van der Waals surface area contributed by atoms with Gasteiger partial charge < -0.3 is 24.4 Å². The van der Waals surface area contributed by atoms with E-state index in [0.29, 0.717) is 36.8 Å². The number of rotatable bonds is 8. The molecule has 1 aliphatic rings. The summed E-state index contributed by atoms with van der Waals surface area (Å²) in [7, 11) is 3.14. The van der Waals surface area contributed by atoms with Crippen LogP contribution < -0.4 is 14.8 Å². The minimum atomic E-state index is -0.100. The molecule has 0 atom stereocenters. The van der Waals surface area contributed by atoms with Gasteiger partial charge in [0.05, 0.1) is 26.7 Å². The van der Waals surface area contributed by atoms with Gasteiger partial charge in [-0.25, -0.2) is 0 Å². The van der Waals surface area contributed by atoms with E-state index >= 15 is 0 Å². The summed E-state index contributed by atoms with van der Waals surface area (Å²) in [6, 6.07) is 5.26. The number of piperidine rings is 1. The van der Waals surface area contributed by atoms with Crippen LogP contribution in [0, 0.1) is 5.92 Å². The van der Waals surface area contributed by atoms with E-state index in [4.69, 9.17) is 14.2 Å². The molecule has 1 fully saturated rings. The molecular formula is C19H29ClN2O5. The SMILES string of the molecule is CCOC(=O)C1CCN(CCC(=O)Nc2cc(OC)cc(OC)c2)CC1.Cl. The minimum absolute atomic E-state index is 0. The third-order valence-electron chi connectivity index (χ3n) is 4.50. The molecule has 0 radical (unpaired) electrons. The fourth-order valence-corrected chi connectivity index (χ4v) is 3.02. The number of halogens is 1. The van der Waals surface area contributed by atoms with Crippen LogP contribution >= 0.6 is 12.4 Å². The first-order valence-corrected chi connectivity index (χ1v) is 8.97. The Morgan fingerprint density at radius 1 is 1.11 bits per heavy atom. The number of ether oxygens (including phenoxy) is 3. The van der Waals surface area contributed by atoms with Gasteiger partial charge in [-0.15, -0.1) is 12.4 Å². The second-order valence-electron chi connectivity index (χ2n) is 6.27. The van der Waals surface area contributed by atoms with E-state index in [9.17, 15) is 9.59 Å². The third-order valence-corrected chi connectivity index (χ3v) is 4.50. The molecule has 152 valence electrons. The summed E-state index contributed by atoms with van der Waals surface area (Å²) in [6.07, 6.45) is 1.96. The van der Waals surface area contributed by atoms with Crippen molar-refractivity contribution in [2.24, 2.45) is 5.92 Å². The molecule has 0 bridgehead atoms. The predicted octanol–water partition coefficient (Wildman–Crippen LogP) is 2.73. The molecule has 0 aromatic heterocycles. The Bertz CT molecular complexity index is 596. The van der Waals surface area contributed by atoms with Crippen LogP contribution in [-0.2, 0) is 14.3 Å². The average molecular weight is 401 g/mol. The van der Waals surface area contributed by atoms with Crippen LogP contribution in [0.2, 0.25) is 0 Å². The molecule has 0 aliphatic carbocycles. The topological polar surface area (TPSA) is 77.1 Å². The van der Waals surface area contributed by atoms with Crippen LogP contribution in [-0.4, -0.2) is 57.2 Å². The molecule has 1 saturated heterocycles. The minimum Gasteiger partial charge on any atom is -0.497 e. The number of amides is 1. The number of methoxy groups -OCH3 is 2. The number of hydrogen-bond donors (Lipinski definition) is 1. The highest BCUT2D eigenvalue weighted by Gasteiger charge is 2.25. The van der Waals surface area contributed by atoms with E-state index < -0.39 is 0 Å². The first kappa shape index (κ1) is 23.0. The standard InChI is InChI=1S/C19H28N2O5.ClH/c1-4-26-19(23)14-5-8-21(9-6-14)10-7-18(22)20-15-11-16(24-2)13-17(12-15)25-3;/h11-14H,4-10H2,1-3H3,(H,20,22);1H. The number of carbonyl (C=O) groups excluding carboxylic acids is 2. The number of carbonyl (C=O) groups is 2. The molecule has 1 aliphatic heterocycles. The van der Waals surface area contributed by atoms with Gasteiger partial charge in [0.2, 0.25) is 5.91 Å². The first-order valence-electron chi connectivity index (χ1n) is 8.97. The van der Waals surface area contributed by atoms with Gasteiger partial charge >= 0.3 is 5.97 Å². The molecule has 1 aromatic rings. The van der Waals surface area contributed by atoms with Crippen LogP contribution in [0.15, 0.2) is 18.2 Å². The number of hydrogen-bond acceptors (Lipinski definition) is 6. The van der Waals surface area contributed by atoms with Crippen molar-refractivity contribution in [2.45, 2.75) is 26.2 Å². The van der Waals surface area contributed by atoms with E-state index in [1.807, 2.05) is 6.92 Å². The molecule has 0 unspecified atom stereocenters. The zero-order valence-corrected chi connectivity index (χ0v) is 17.0. The molecule has 1 aromatic carbocycles. The molecule has 2 rings (SSSR count). The summed E-state index contributed by atoms with van der Waals surface area (Å²) in [5, 5.41) is 2.87. The molecule has 0 saturated carbocycles. The fraction of sp³-hybridized carbons (Fsp3) is 0.579. The molecule has 1 heterocycles. The van der Waals surface area contributed by atoms with Gasteiger partial charge in [0.25, 0.3) is 0 Å². The third kappa shape index (κ3) is 7.27. The van der Waals surface area contributed by atoms with E-state index in [2.05, 4.69) is 10.2 Å². The molecule has 27 heavy (non-hydrogen) atoms. The number of anilines is 1. The Labute approximate surface area is 166 Å². The maximum atomic E-state index is 12.2. The average Bonchev–Trinajstić information content (AvgIpc) is 2.66. The highest BCUT2D eigenvalue weighted by molar-refractivity contribution is 5.91. The van der Waals surface area contributed by atoms with Crippen LogP contribution in [0.1, 0.15) is 26.2 Å². The molecule has 0 spiro atoms. The summed E-state index contributed by atoms with van der Waals surface area (Å²) in [4.78, 5) is 26.2. The van der Waals surface area contributed by atoms with Crippen LogP contribution in [0.5, 0.6) is 11.5 Å². The summed E-state index contributed by atoms with van der Waals surface area (Å²) in [6.45, 7) is 4.54. The van der Waals surface area contributed by atoms with Crippen molar-refractivity contribution in [1.29, 1.82) is 0 Å². The summed E-state index contributed by atoms with van der Waals surface area (Å²) in [5.41, 5.74) is 0.646. The zero-order chi connectivity index (χ0) is 18.9. The Kier molecular flexibility index (Phi) is 9.96. The van der Waals surface area contributed by atoms with Crippen molar-refractivity contribution in [3.63, 3.8) is 0 Å². The van der Waals surface area contributed by atoms with E-state index in [1.54, 1.807) is 32.4 Å². The Morgan fingerprint density at radius 3 is 2.22 bits per heavy atom. The molecule has 8 heteroatoms. The lowest BCUT2D eigenvalue weighted by molar-refractivity contribution is -0.149. The number of esters is 1. The van der Waals surface area contributed by atoms with Gasteiger partial charge in [0.15, 0.2) is 0 Å². The smallest absolute Gasteiger partial charge is 0.309 e. The Balaban J connectivity index is 0.00000364. The lowest BCUT2D eigenvalue weighted by atomic mass is 9.97. The summed E-state index contributed by atoms with van der Waals surface area (Å²) >= 11 is 0. The fourth-order valence-electron chi connectivity index (χ4n) is 3.02. The predicted molar refractivity (Wildman–Crippen MR) is 106 cm³/mol. The Hall–Kier alpha value is -1.99. The van der Waals surface area contributed by atoms with Crippen LogP contribution in [0.25, 0.3) is 0 Å². The summed E-state index contributed by atoms with van der Waals surface area (Å²) < 4.78 is 15.5. The van der Waals surface area contributed by atoms with Gasteiger partial charge in [0.1, 0.15) is 11.5 Å². The van der Waals surface area contributed by atoms with Gasteiger partial charge in [-0.05, 0) is 32.9 Å². The molecule has 7 nitrogen and oxygen atoms in total. The molecule has 1 N–H and O–H groups in total. The second-order valence-corrected chi connectivity index (χ2v) is 6.27. The van der Waals surface area contributed by atoms with Gasteiger partial charge in [-0.2, -0.15) is 0 Å². The normalized spacial score (nSPS) is 14.8. The maximum absolute atomic E-state index is 12.2. The first-order chi connectivity index (χ1) is 12.5. The van der Waals surface area contributed by atoms with Crippen molar-refractivity contribution in [3.05, 3.63) is 18.2 Å². The van der Waals surface area contributed by atoms with Crippen LogP contribution in [0.3, 0.4) is 0 Å². The lowest BCUT2D eigenvalue weighted by Crippen LogP contribution is -2.38. The van der Waals surface area contributed by atoms with E-state index in [1.165, 1.54) is 0 Å². The largest absolute Gasteiger partial charge is 0.497 e. The van der Waals surface area contributed by atoms with Crippen molar-refractivity contribution < 1.29 is 23.8 Å². The van der Waals surface area contributed by atoms with Crippen molar-refractivity contribution in [2.75, 3.05) is 45.8 Å². The second kappa shape index (κ2) is 11.7. The Morgan fingerprint density at radius 2 is 1.70 bits per heavy atom. The quantitative estimate of drug-likeness (QED) is 0.676. The van der Waals surface area contributed by atoms with Crippen molar-refractivity contribution >= 4 is 30.0 Å². The van der Waals surface area contributed by atoms with Gasteiger partial charge in [0, 0.05) is 36.9 Å². The van der Waals surface area contributed by atoms with Crippen molar-refractivity contribution in [3.8, 4) is 11.5 Å². The van der Waals surface area contributed by atoms with Gasteiger partial charge in [-0.3, -0.25) is 9.59 Å². The highest BCUT2D eigenvalue weighted by atomic mass is 35.5. The molecular weight excluding hydrogens is 372 g/mol. The summed E-state index contributed by atoms with van der Waals surface area (Å²) in [5.74, 6) is 1.08. The number of nitrogens with one attached hydrogen (secondary N) is 1. The van der Waals surface area contributed by atoms with E-state index in [-0.39, 0.29) is 30.2 Å². The zero-order valence-electron chi connectivity index (χ0n) is 16.2.